The number of rotatable bonds is 3. The molecule has 100 valence electrons. The molecule has 3 aromatic rings. The van der Waals surface area contributed by atoms with E-state index in [0.717, 1.165) is 21.2 Å². The van der Waals surface area contributed by atoms with Crippen LogP contribution in [-0.2, 0) is 7.05 Å². The Morgan fingerprint density at radius 1 is 1.47 bits per heavy atom. The van der Waals surface area contributed by atoms with Gasteiger partial charge in [-0.1, -0.05) is 11.3 Å². The molecule has 1 atom stereocenters. The monoisotopic (exact) mass is 279 g/mol. The van der Waals surface area contributed by atoms with Crippen LogP contribution in [0.15, 0.2) is 4.79 Å². The highest BCUT2D eigenvalue weighted by Crippen LogP contribution is 2.29. The number of aromatic nitrogens is 6. The van der Waals surface area contributed by atoms with E-state index in [1.165, 1.54) is 11.3 Å². The van der Waals surface area contributed by atoms with Crippen LogP contribution in [0, 0.1) is 6.92 Å². The van der Waals surface area contributed by atoms with E-state index in [9.17, 15) is 4.79 Å². The van der Waals surface area contributed by atoms with Crippen molar-refractivity contribution in [3.8, 4) is 0 Å². The van der Waals surface area contributed by atoms with Crippen molar-refractivity contribution in [1.29, 1.82) is 0 Å². The summed E-state index contributed by atoms with van der Waals surface area (Å²) in [7, 11) is 1.87. The molecule has 3 heterocycles. The van der Waals surface area contributed by atoms with E-state index >= 15 is 0 Å². The second-order valence-corrected chi connectivity index (χ2v) is 5.31. The van der Waals surface area contributed by atoms with Gasteiger partial charge < -0.3 is 5.32 Å². The van der Waals surface area contributed by atoms with Gasteiger partial charge in [0.1, 0.15) is 0 Å². The summed E-state index contributed by atoms with van der Waals surface area (Å²) in [5.41, 5.74) is 1.50. The smallest absolute Gasteiger partial charge is 0.340 e. The lowest BCUT2D eigenvalue weighted by Crippen LogP contribution is -2.10. The van der Waals surface area contributed by atoms with Crippen LogP contribution in [0.3, 0.4) is 0 Å². The molecule has 0 saturated carbocycles. The molecule has 3 N–H and O–H groups in total. The minimum atomic E-state index is -0.312. The van der Waals surface area contributed by atoms with Crippen LogP contribution in [0.1, 0.15) is 24.5 Å². The number of anilines is 1. The number of hydrogen-bond donors (Lipinski definition) is 3. The fourth-order valence-corrected chi connectivity index (χ4v) is 2.91. The number of nitrogens with one attached hydrogen (secondary N) is 3. The summed E-state index contributed by atoms with van der Waals surface area (Å²) in [4.78, 5) is 18.1. The Bertz CT molecular complexity index is 745. The van der Waals surface area contributed by atoms with Crippen LogP contribution in [-0.4, -0.2) is 29.9 Å². The van der Waals surface area contributed by atoms with Crippen LogP contribution in [0.25, 0.3) is 10.3 Å². The average molecular weight is 279 g/mol. The van der Waals surface area contributed by atoms with E-state index < -0.39 is 0 Å². The number of aromatic amines is 2. The van der Waals surface area contributed by atoms with Gasteiger partial charge in [0, 0.05) is 7.05 Å². The molecule has 3 rings (SSSR count). The third kappa shape index (κ3) is 2.01. The molecule has 19 heavy (non-hydrogen) atoms. The maximum Gasteiger partial charge on any atom is 0.340 e. The topological polar surface area (TPSA) is 104 Å². The number of thiazole rings is 1. The van der Waals surface area contributed by atoms with Crippen LogP contribution < -0.4 is 11.0 Å². The summed E-state index contributed by atoms with van der Waals surface area (Å²) in [6, 6.07) is -0.132. The fourth-order valence-electron chi connectivity index (χ4n) is 1.89. The van der Waals surface area contributed by atoms with E-state index in [1.807, 2.05) is 20.9 Å². The number of fused-ring (bicyclic) bond motifs is 1. The van der Waals surface area contributed by atoms with Gasteiger partial charge >= 0.3 is 5.69 Å². The van der Waals surface area contributed by atoms with Crippen molar-refractivity contribution >= 4 is 26.8 Å². The average Bonchev–Trinajstić information content (AvgIpc) is 3.00. The molecule has 8 nitrogen and oxygen atoms in total. The first-order valence-corrected chi connectivity index (χ1v) is 6.57. The van der Waals surface area contributed by atoms with Crippen LogP contribution in [0.2, 0.25) is 0 Å². The lowest BCUT2D eigenvalue weighted by atomic mass is 10.3. The van der Waals surface area contributed by atoms with E-state index in [2.05, 4.69) is 30.6 Å². The zero-order chi connectivity index (χ0) is 13.6. The molecule has 0 amide bonds. The molecule has 0 aliphatic rings. The molecule has 3 aromatic heterocycles. The Balaban J connectivity index is 1.89. The third-order valence-corrected chi connectivity index (χ3v) is 3.90. The first-order chi connectivity index (χ1) is 9.04. The summed E-state index contributed by atoms with van der Waals surface area (Å²) < 4.78 is 2.82. The largest absolute Gasteiger partial charge is 0.352 e. The van der Waals surface area contributed by atoms with Gasteiger partial charge in [-0.15, -0.1) is 0 Å². The molecule has 0 bridgehead atoms. The van der Waals surface area contributed by atoms with Crippen LogP contribution in [0.4, 0.5) is 5.13 Å². The quantitative estimate of drug-likeness (QED) is 0.661. The lowest BCUT2D eigenvalue weighted by Gasteiger charge is -2.08. The van der Waals surface area contributed by atoms with Crippen molar-refractivity contribution < 1.29 is 0 Å². The van der Waals surface area contributed by atoms with Crippen molar-refractivity contribution in [1.82, 2.24) is 29.9 Å². The van der Waals surface area contributed by atoms with Gasteiger partial charge in [0.2, 0.25) is 0 Å². The summed E-state index contributed by atoms with van der Waals surface area (Å²) in [5, 5.41) is 14.5. The highest BCUT2D eigenvalue weighted by Gasteiger charge is 2.15. The number of hydrogen-bond acceptors (Lipinski definition) is 6. The predicted molar refractivity (Wildman–Crippen MR) is 72.4 cm³/mol. The molecule has 0 radical (unpaired) electrons. The maximum atomic E-state index is 11.0. The van der Waals surface area contributed by atoms with Gasteiger partial charge in [-0.25, -0.2) is 19.6 Å². The highest BCUT2D eigenvalue weighted by atomic mass is 32.1. The van der Waals surface area contributed by atoms with Crippen molar-refractivity contribution in [2.45, 2.75) is 19.9 Å². The van der Waals surface area contributed by atoms with Crippen molar-refractivity contribution in [2.75, 3.05) is 5.32 Å². The molecule has 9 heteroatoms. The lowest BCUT2D eigenvalue weighted by molar-refractivity contribution is 0.770. The molecule has 0 aliphatic carbocycles. The van der Waals surface area contributed by atoms with E-state index in [-0.39, 0.29) is 11.7 Å². The van der Waals surface area contributed by atoms with Crippen LogP contribution in [0.5, 0.6) is 0 Å². The van der Waals surface area contributed by atoms with Gasteiger partial charge in [0.15, 0.2) is 16.6 Å². The van der Waals surface area contributed by atoms with Gasteiger partial charge in [-0.3, -0.25) is 4.98 Å². The maximum absolute atomic E-state index is 11.0. The molecule has 0 aromatic carbocycles. The van der Waals surface area contributed by atoms with E-state index in [0.29, 0.717) is 5.82 Å². The number of nitrogens with zero attached hydrogens (tertiary/aromatic N) is 4. The fraction of sp³-hybridized carbons (Fsp3) is 0.400. The summed E-state index contributed by atoms with van der Waals surface area (Å²) in [5.74, 6) is 0.555. The minimum absolute atomic E-state index is 0.132. The van der Waals surface area contributed by atoms with E-state index in [1.54, 1.807) is 4.68 Å². The summed E-state index contributed by atoms with van der Waals surface area (Å²) >= 11 is 1.54. The van der Waals surface area contributed by atoms with Gasteiger partial charge in [0.05, 0.1) is 16.4 Å². The molecular formula is C10H13N7OS. The summed E-state index contributed by atoms with van der Waals surface area (Å²) in [6.07, 6.45) is 0. The Kier molecular flexibility index (Phi) is 2.63. The SMILES string of the molecule is Cc1nn(C)c2nc(N[C@H](C)c3n[nH]c(=O)[nH]3)sc12. The molecule has 0 aliphatic heterocycles. The zero-order valence-corrected chi connectivity index (χ0v) is 11.5. The third-order valence-electron chi connectivity index (χ3n) is 2.81. The second-order valence-electron chi connectivity index (χ2n) is 4.31. The van der Waals surface area contributed by atoms with Crippen molar-refractivity contribution in [3.05, 3.63) is 22.0 Å². The number of H-pyrrole nitrogens is 2. The van der Waals surface area contributed by atoms with Gasteiger partial charge in [-0.2, -0.15) is 10.2 Å². The van der Waals surface area contributed by atoms with Crippen molar-refractivity contribution in [3.63, 3.8) is 0 Å². The van der Waals surface area contributed by atoms with Crippen molar-refractivity contribution in [2.24, 2.45) is 7.05 Å². The Morgan fingerprint density at radius 3 is 2.89 bits per heavy atom. The molecular weight excluding hydrogens is 266 g/mol. The van der Waals surface area contributed by atoms with Gasteiger partial charge in [-0.05, 0) is 13.8 Å². The first-order valence-electron chi connectivity index (χ1n) is 5.76. The zero-order valence-electron chi connectivity index (χ0n) is 10.7. The first kappa shape index (κ1) is 11.9. The van der Waals surface area contributed by atoms with Gasteiger partial charge in [0.25, 0.3) is 0 Å². The molecule has 0 spiro atoms. The Labute approximate surface area is 111 Å². The second kappa shape index (κ2) is 4.19. The van der Waals surface area contributed by atoms with E-state index in [4.69, 9.17) is 0 Å². The summed E-state index contributed by atoms with van der Waals surface area (Å²) in [6.45, 7) is 3.86. The molecule has 0 fully saturated rings. The Morgan fingerprint density at radius 2 is 2.26 bits per heavy atom. The minimum Gasteiger partial charge on any atom is -0.352 e. The number of aryl methyl sites for hydroxylation is 2. The van der Waals surface area contributed by atoms with Crippen LogP contribution >= 0.6 is 11.3 Å². The Hall–Kier alpha value is -2.16. The highest BCUT2D eigenvalue weighted by molar-refractivity contribution is 7.22. The molecule has 0 unspecified atom stereocenters. The standard InChI is InChI=1S/C10H13N7OS/c1-4-6-8(17(3)16-4)13-10(19-6)11-5(2)7-12-9(18)15-14-7/h5H,1-3H3,(H,11,13)(H2,12,14,15,18)/t5-/m1/s1. The normalized spacial score (nSPS) is 13.0. The predicted octanol–water partition coefficient (Wildman–Crippen LogP) is 0.923. The molecule has 0 saturated heterocycles.